The van der Waals surface area contributed by atoms with Crippen LogP contribution in [0, 0.1) is 0 Å². The average Bonchev–Trinajstić information content (AvgIpc) is 3.05. The van der Waals surface area contributed by atoms with Gasteiger partial charge in [0.05, 0.1) is 5.92 Å². The first-order valence-electron chi connectivity index (χ1n) is 6.83. The lowest BCUT2D eigenvalue weighted by atomic mass is 10.1. The minimum atomic E-state index is -0.839. The number of fused-ring (bicyclic) bond motifs is 1. The van der Waals surface area contributed by atoms with E-state index in [1.54, 1.807) is 24.3 Å². The van der Waals surface area contributed by atoms with Gasteiger partial charge in [-0.15, -0.1) is 11.8 Å². The maximum absolute atomic E-state index is 12.8. The van der Waals surface area contributed by atoms with Crippen molar-refractivity contribution in [1.29, 1.82) is 0 Å². The highest BCUT2D eigenvalue weighted by atomic mass is 35.5. The lowest BCUT2D eigenvalue weighted by Crippen LogP contribution is -2.10. The van der Waals surface area contributed by atoms with E-state index in [0.29, 0.717) is 34.9 Å². The average molecular weight is 336 g/mol. The predicted octanol–water partition coefficient (Wildman–Crippen LogP) is 3.67. The topological polar surface area (TPSA) is 59.3 Å². The fourth-order valence-corrected chi connectivity index (χ4v) is 3.62. The maximum Gasteiger partial charge on any atom is 0.312 e. The largest absolute Gasteiger partial charge is 0.481 e. The quantitative estimate of drug-likeness (QED) is 0.684. The van der Waals surface area contributed by atoms with Crippen molar-refractivity contribution in [2.45, 2.75) is 23.8 Å². The molecule has 2 heterocycles. The number of hydrogen-bond acceptors (Lipinski definition) is 3. The number of benzene rings is 1. The molecule has 1 unspecified atom stereocenters. The van der Waals surface area contributed by atoms with Gasteiger partial charge in [-0.05, 0) is 43.0 Å². The molecule has 1 aliphatic rings. The van der Waals surface area contributed by atoms with Crippen LogP contribution in [-0.4, -0.2) is 27.7 Å². The molecule has 0 amide bonds. The van der Waals surface area contributed by atoms with E-state index in [1.807, 2.05) is 16.9 Å². The Balaban J connectivity index is 2.07. The van der Waals surface area contributed by atoms with Gasteiger partial charge in [-0.25, -0.2) is 0 Å². The van der Waals surface area contributed by atoms with Gasteiger partial charge in [-0.3, -0.25) is 9.59 Å². The molecule has 1 aromatic carbocycles. The molecule has 1 aromatic heterocycles. The molecule has 3 rings (SSSR count). The van der Waals surface area contributed by atoms with Crippen LogP contribution in [0.5, 0.6) is 0 Å². The van der Waals surface area contributed by atoms with Gasteiger partial charge < -0.3 is 9.67 Å². The first-order chi connectivity index (χ1) is 10.5. The van der Waals surface area contributed by atoms with E-state index in [0.717, 1.165) is 4.90 Å². The Morgan fingerprint density at radius 3 is 2.59 bits per heavy atom. The minimum absolute atomic E-state index is 0.0988. The summed E-state index contributed by atoms with van der Waals surface area (Å²) in [6, 6.07) is 8.58. The highest BCUT2D eigenvalue weighted by molar-refractivity contribution is 7.98. The van der Waals surface area contributed by atoms with Crippen LogP contribution in [0.1, 0.15) is 34.1 Å². The second-order valence-corrected chi connectivity index (χ2v) is 6.44. The van der Waals surface area contributed by atoms with Crippen LogP contribution in [0.3, 0.4) is 0 Å². The molecule has 0 fully saturated rings. The van der Waals surface area contributed by atoms with Crippen molar-refractivity contribution in [1.82, 2.24) is 4.57 Å². The Hall–Kier alpha value is -1.72. The van der Waals surface area contributed by atoms with Gasteiger partial charge in [0.2, 0.25) is 5.78 Å². The van der Waals surface area contributed by atoms with Crippen molar-refractivity contribution >= 4 is 35.1 Å². The van der Waals surface area contributed by atoms with E-state index in [-0.39, 0.29) is 5.78 Å². The normalized spacial score (nSPS) is 16.5. The molecule has 1 atom stereocenters. The molecule has 0 spiro atoms. The van der Waals surface area contributed by atoms with Gasteiger partial charge in [0.1, 0.15) is 5.69 Å². The van der Waals surface area contributed by atoms with E-state index >= 15 is 0 Å². The summed E-state index contributed by atoms with van der Waals surface area (Å²) in [5.74, 6) is -1.47. The number of nitrogens with zero attached hydrogens (tertiary/aromatic N) is 1. The van der Waals surface area contributed by atoms with Crippen molar-refractivity contribution in [3.05, 3.63) is 52.3 Å². The van der Waals surface area contributed by atoms with Gasteiger partial charge >= 0.3 is 5.97 Å². The zero-order valence-corrected chi connectivity index (χ0v) is 13.4. The number of carbonyl (C=O) groups excluding carboxylic acids is 1. The molecule has 0 saturated heterocycles. The number of ketones is 1. The summed E-state index contributed by atoms with van der Waals surface area (Å²) < 4.78 is 1.85. The maximum atomic E-state index is 12.8. The van der Waals surface area contributed by atoms with E-state index in [9.17, 15) is 14.7 Å². The second kappa shape index (κ2) is 5.82. The van der Waals surface area contributed by atoms with Crippen molar-refractivity contribution in [2.24, 2.45) is 0 Å². The van der Waals surface area contributed by atoms with Crippen molar-refractivity contribution in [2.75, 3.05) is 6.26 Å². The molecule has 0 bridgehead atoms. The van der Waals surface area contributed by atoms with Crippen LogP contribution in [0.15, 0.2) is 35.2 Å². The van der Waals surface area contributed by atoms with Gasteiger partial charge in [-0.1, -0.05) is 11.6 Å². The molecule has 6 heteroatoms. The molecule has 22 heavy (non-hydrogen) atoms. The van der Waals surface area contributed by atoms with Gasteiger partial charge in [0, 0.05) is 27.7 Å². The monoisotopic (exact) mass is 335 g/mol. The van der Waals surface area contributed by atoms with Crippen molar-refractivity contribution in [3.63, 3.8) is 0 Å². The molecule has 0 aliphatic carbocycles. The van der Waals surface area contributed by atoms with E-state index < -0.39 is 11.9 Å². The second-order valence-electron chi connectivity index (χ2n) is 5.15. The van der Waals surface area contributed by atoms with E-state index in [1.165, 1.54) is 11.8 Å². The summed E-state index contributed by atoms with van der Waals surface area (Å²) in [4.78, 5) is 25.0. The molecule has 1 aliphatic heterocycles. The van der Waals surface area contributed by atoms with E-state index in [2.05, 4.69) is 0 Å². The molecule has 0 saturated carbocycles. The number of aliphatic carboxylic acids is 1. The summed E-state index contributed by atoms with van der Waals surface area (Å²) in [6.45, 7) is 0.557. The summed E-state index contributed by atoms with van der Waals surface area (Å²) in [7, 11) is 0. The zero-order valence-electron chi connectivity index (χ0n) is 11.9. The predicted molar refractivity (Wildman–Crippen MR) is 86.1 cm³/mol. The Morgan fingerprint density at radius 1 is 1.32 bits per heavy atom. The summed E-state index contributed by atoms with van der Waals surface area (Å²) in [5, 5.41) is 9.88. The van der Waals surface area contributed by atoms with Crippen LogP contribution >= 0.6 is 23.4 Å². The number of hydrogen-bond donors (Lipinski definition) is 1. The molecule has 0 radical (unpaired) electrons. The number of aromatic nitrogens is 1. The fourth-order valence-electron chi connectivity index (χ4n) is 2.86. The van der Waals surface area contributed by atoms with Crippen LogP contribution in [-0.2, 0) is 11.3 Å². The van der Waals surface area contributed by atoms with Crippen LogP contribution < -0.4 is 0 Å². The Bertz CT molecular complexity index is 751. The molecular weight excluding hydrogens is 322 g/mol. The van der Waals surface area contributed by atoms with Gasteiger partial charge in [-0.2, -0.15) is 0 Å². The van der Waals surface area contributed by atoms with Gasteiger partial charge in [0.25, 0.3) is 0 Å². The highest BCUT2D eigenvalue weighted by Crippen LogP contribution is 2.37. The molecule has 2 aromatic rings. The summed E-state index contributed by atoms with van der Waals surface area (Å²) >= 11 is 7.32. The number of carbonyl (C=O) groups is 2. The lowest BCUT2D eigenvalue weighted by Gasteiger charge is -2.07. The summed E-state index contributed by atoms with van der Waals surface area (Å²) in [5.41, 5.74) is 1.85. The number of carboxylic acid groups (broad SMARTS) is 1. The molecule has 1 N–H and O–H groups in total. The SMILES string of the molecule is CSc1cc2n(c1C(=O)c1ccc(Cl)cc1)CCC2C(=O)O. The third-order valence-corrected chi connectivity index (χ3v) is 4.93. The Labute approximate surface area is 137 Å². The number of carboxylic acids is 1. The molecule has 114 valence electrons. The van der Waals surface area contributed by atoms with Crippen LogP contribution in [0.4, 0.5) is 0 Å². The highest BCUT2D eigenvalue weighted by Gasteiger charge is 2.34. The zero-order chi connectivity index (χ0) is 15.9. The fraction of sp³-hybridized carbons (Fsp3) is 0.250. The number of halogens is 1. The third-order valence-electron chi connectivity index (χ3n) is 3.93. The van der Waals surface area contributed by atoms with E-state index in [4.69, 9.17) is 11.6 Å². The van der Waals surface area contributed by atoms with Gasteiger partial charge in [0.15, 0.2) is 0 Å². The van der Waals surface area contributed by atoms with Crippen LogP contribution in [0.2, 0.25) is 5.02 Å². The number of thioether (sulfide) groups is 1. The first kappa shape index (κ1) is 15.2. The minimum Gasteiger partial charge on any atom is -0.481 e. The smallest absolute Gasteiger partial charge is 0.312 e. The summed E-state index contributed by atoms with van der Waals surface area (Å²) in [6.07, 6.45) is 2.42. The van der Waals surface area contributed by atoms with Crippen molar-refractivity contribution in [3.8, 4) is 0 Å². The Kier molecular flexibility index (Phi) is 4.02. The molecule has 4 nitrogen and oxygen atoms in total. The standard InChI is InChI=1S/C16H14ClNO3S/c1-22-13-8-12-11(16(20)21)6-7-18(12)14(13)15(19)9-2-4-10(17)5-3-9/h2-5,8,11H,6-7H2,1H3,(H,20,21). The number of rotatable bonds is 4. The lowest BCUT2D eigenvalue weighted by molar-refractivity contribution is -0.138. The van der Waals surface area contributed by atoms with Crippen LogP contribution in [0.25, 0.3) is 0 Å². The Morgan fingerprint density at radius 2 is 2.00 bits per heavy atom. The molecular formula is C16H14ClNO3S. The van der Waals surface area contributed by atoms with Crippen molar-refractivity contribution < 1.29 is 14.7 Å². The third kappa shape index (κ3) is 2.44. The first-order valence-corrected chi connectivity index (χ1v) is 8.43.